The highest BCUT2D eigenvalue weighted by atomic mass is 19.1. The fourth-order valence-corrected chi connectivity index (χ4v) is 21.2. The van der Waals surface area contributed by atoms with Gasteiger partial charge in [-0.3, -0.25) is 19.9 Å². The first-order chi connectivity index (χ1) is 69.3. The third-order valence-electron chi connectivity index (χ3n) is 29.3. The average Bonchev–Trinajstić information content (AvgIpc) is 0.969. The summed E-state index contributed by atoms with van der Waals surface area (Å²) in [6.07, 6.45) is 29.4. The van der Waals surface area contributed by atoms with Crippen LogP contribution in [0.5, 0.6) is 92.3 Å². The molecule has 4 spiro atoms. The van der Waals surface area contributed by atoms with Crippen LogP contribution in [0, 0.1) is 33.3 Å². The number of hydrogen-bond donors (Lipinski definition) is 0. The highest BCUT2D eigenvalue weighted by Gasteiger charge is 2.50. The second kappa shape index (κ2) is 41.6. The Bertz CT molecular complexity index is 6420. The summed E-state index contributed by atoms with van der Waals surface area (Å²) in [7, 11) is 6.51. The Kier molecular flexibility index (Phi) is 28.0. The van der Waals surface area contributed by atoms with E-state index in [-0.39, 0.29) is 17.4 Å². The van der Waals surface area contributed by atoms with Gasteiger partial charge in [-0.05, 0) is 201 Å². The molecule has 8 fully saturated rings. The molecule has 8 aliphatic heterocycles. The number of halogens is 2. The van der Waals surface area contributed by atoms with Crippen LogP contribution in [-0.4, -0.2) is 246 Å². The summed E-state index contributed by atoms with van der Waals surface area (Å²) in [5.74, 6) is 7.91. The highest BCUT2D eigenvalue weighted by Crippen LogP contribution is 2.48. The SMILES string of the molecule is COc1cc2c(Oc3ccc4c(c3)C=C(C)C4)ccnc2cc1OCCCN1CCC2(CC1)COC2.COc1cc2c(Oc3ccc4c(c3)C=C(C)C4)ncnc2cc1OCCCN1CCC2(CC1)COC2.COc1cc2c(Oc3cnc4c(c3F)C=C(C)C4)ccnc2cc1OCCCN1CC2(COC2)C1.COc1cc2c(Oc3cnc4c(c3F)C=C(C)C4)ncnc2cc1OCCCN1CC2(COC2)C1. The number of methoxy groups -OCH3 is 4. The van der Waals surface area contributed by atoms with Crippen molar-refractivity contribution in [1.29, 1.82) is 0 Å². The summed E-state index contributed by atoms with van der Waals surface area (Å²) in [6.45, 7) is 31.3. The van der Waals surface area contributed by atoms with E-state index in [2.05, 4.69) is 110 Å². The van der Waals surface area contributed by atoms with Crippen molar-refractivity contribution in [2.45, 2.75) is 105 Å². The first-order valence-electron chi connectivity index (χ1n) is 49.6. The van der Waals surface area contributed by atoms with Crippen molar-refractivity contribution in [2.24, 2.45) is 21.7 Å². The number of allylic oxidation sites excluding steroid dienone is 4. The minimum atomic E-state index is -0.441. The van der Waals surface area contributed by atoms with Crippen molar-refractivity contribution in [3.8, 4) is 92.3 Å². The van der Waals surface area contributed by atoms with Crippen LogP contribution in [0.15, 0.2) is 157 Å². The van der Waals surface area contributed by atoms with Gasteiger partial charge in [0, 0.05) is 145 Å². The Morgan fingerprint density at radius 2 is 0.676 bits per heavy atom. The molecule has 12 aliphatic rings. The summed E-state index contributed by atoms with van der Waals surface area (Å²) in [5.41, 5.74) is 17.1. The minimum Gasteiger partial charge on any atom is -0.493 e. The Labute approximate surface area is 825 Å². The van der Waals surface area contributed by atoms with E-state index in [1.165, 1.54) is 84.1 Å². The number of benzene rings is 6. The summed E-state index contributed by atoms with van der Waals surface area (Å²) in [5, 5.41) is 2.99. The maximum Gasteiger partial charge on any atom is 0.230 e. The minimum absolute atomic E-state index is 0.0234. The van der Waals surface area contributed by atoms with Gasteiger partial charge in [-0.25, -0.2) is 28.7 Å². The zero-order chi connectivity index (χ0) is 97.1. The molecule has 0 atom stereocenters. The van der Waals surface area contributed by atoms with E-state index in [1.54, 1.807) is 65.1 Å². The molecule has 0 saturated carbocycles. The van der Waals surface area contributed by atoms with Crippen molar-refractivity contribution >= 4 is 67.9 Å². The van der Waals surface area contributed by atoms with Crippen molar-refractivity contribution < 1.29 is 84.6 Å². The Hall–Kier alpha value is -12.8. The lowest BCUT2D eigenvalue weighted by Crippen LogP contribution is -2.65. The Morgan fingerprint density at radius 3 is 1.06 bits per heavy atom. The lowest BCUT2D eigenvalue weighted by atomic mass is 9.77. The van der Waals surface area contributed by atoms with Crippen molar-refractivity contribution in [2.75, 3.05) is 186 Å². The number of fused-ring (bicyclic) bond motifs is 8. The van der Waals surface area contributed by atoms with E-state index in [9.17, 15) is 0 Å². The van der Waals surface area contributed by atoms with E-state index in [0.717, 1.165) is 232 Å². The molecule has 8 saturated heterocycles. The molecule has 28 nitrogen and oxygen atoms in total. The van der Waals surface area contributed by atoms with Crippen molar-refractivity contribution in [3.63, 3.8) is 0 Å². The largest absolute Gasteiger partial charge is 0.493 e. The Balaban J connectivity index is 0.000000112. The van der Waals surface area contributed by atoms with Crippen molar-refractivity contribution in [1.82, 2.24) is 59.5 Å². The molecule has 0 N–H and O–H groups in total. The summed E-state index contributed by atoms with van der Waals surface area (Å²) >= 11 is 0. The van der Waals surface area contributed by atoms with Crippen LogP contribution in [0.4, 0.5) is 8.78 Å². The van der Waals surface area contributed by atoms with Crippen molar-refractivity contribution in [3.05, 3.63) is 213 Å². The average molecular weight is 1930 g/mol. The molecule has 0 radical (unpaired) electrons. The van der Waals surface area contributed by atoms with Gasteiger partial charge >= 0.3 is 0 Å². The fraction of sp³-hybridized carbons (Fsp3) is 0.429. The number of likely N-dealkylation sites (tertiary alicyclic amines) is 4. The molecule has 0 bridgehead atoms. The van der Waals surface area contributed by atoms with Gasteiger partial charge in [-0.2, -0.15) is 0 Å². The Morgan fingerprint density at radius 1 is 0.324 bits per heavy atom. The maximum absolute atomic E-state index is 15.1. The second-order valence-electron chi connectivity index (χ2n) is 40.3. The number of rotatable bonds is 32. The molecule has 0 unspecified atom stereocenters. The van der Waals surface area contributed by atoms with Gasteiger partial charge in [-0.15, -0.1) is 0 Å². The van der Waals surface area contributed by atoms with E-state index >= 15 is 8.78 Å². The summed E-state index contributed by atoms with van der Waals surface area (Å²) < 4.78 is 123. The van der Waals surface area contributed by atoms with Crippen LogP contribution in [-0.2, 0) is 44.6 Å². The zero-order valence-electron chi connectivity index (χ0n) is 82.1. The maximum atomic E-state index is 15.1. The van der Waals surface area contributed by atoms with Gasteiger partial charge in [0.2, 0.25) is 11.8 Å². The van der Waals surface area contributed by atoms with E-state index in [1.807, 2.05) is 74.5 Å². The van der Waals surface area contributed by atoms with Crippen LogP contribution in [0.3, 0.4) is 0 Å². The third kappa shape index (κ3) is 20.9. The summed E-state index contributed by atoms with van der Waals surface area (Å²) in [6, 6.07) is 31.1. The normalized spacial score (nSPS) is 18.3. The van der Waals surface area contributed by atoms with Gasteiger partial charge in [0.25, 0.3) is 0 Å². The zero-order valence-corrected chi connectivity index (χ0v) is 82.1. The van der Waals surface area contributed by atoms with Crippen LogP contribution in [0.2, 0.25) is 0 Å². The third-order valence-corrected chi connectivity index (χ3v) is 29.3. The van der Waals surface area contributed by atoms with Gasteiger partial charge < -0.3 is 95.4 Å². The van der Waals surface area contributed by atoms with Gasteiger partial charge in [0.1, 0.15) is 35.7 Å². The number of aromatic nitrogens is 8. The fourth-order valence-electron chi connectivity index (χ4n) is 21.2. The monoisotopic (exact) mass is 1930 g/mol. The van der Waals surface area contributed by atoms with Crippen LogP contribution in [0.25, 0.3) is 67.9 Å². The molecule has 6 aromatic heterocycles. The summed E-state index contributed by atoms with van der Waals surface area (Å²) in [4.78, 5) is 45.2. The molecule has 740 valence electrons. The first kappa shape index (κ1) is 95.4. The standard InChI is InChI=1S/C30H34N2O4.C29H33N3O4.C27H28FN3O4.C26H27FN4O4/c1-21-14-22-4-5-24(16-23(22)15-21)36-27-6-9-31-26-18-29(28(33-2)17-25(26)27)35-13-3-10-32-11-7-30(8-12-32)19-34-20-30;1-20-12-21-4-5-23(14-22(21)13-20)36-28-24-15-26(33-2)27(16-25(24)30-19-31-28)35-11-3-8-32-9-6-29(7-10-32)17-34-18-29;1-17-8-19-20(9-17)30-12-25(26(19)28)35-22-4-5-29-21-11-24(23(32-2)10-18(21)22)34-7-3-6-31-13-27(14-31)15-33-16-27;1-16-6-17-19(7-16)28-10-23(24(17)27)35-25-18-8-21(32-2)22(9-20(18)29-15-30-25)34-5-3-4-31-11-26(12-31)13-33-14-26/h4-6,9,15-18H,3,7-8,10-14,19-20H2,1-2H3;4-5,13-16,19H,3,6-12,17-18H2,1-2H3;4-5,8,10-12H,3,6-7,9,13-16H2,1-2H3;6,8-10,15H,3-5,7,11-14H2,1-2H3. The van der Waals surface area contributed by atoms with Crippen LogP contribution in [0.1, 0.15) is 124 Å². The molecule has 142 heavy (non-hydrogen) atoms. The molecular weight excluding hydrogens is 1810 g/mol. The number of nitrogens with zero attached hydrogens (tertiary/aromatic N) is 12. The molecule has 12 aromatic rings. The van der Waals surface area contributed by atoms with E-state index in [0.29, 0.717) is 151 Å². The number of pyridine rings is 4. The quantitative estimate of drug-likeness (QED) is 0.0355. The molecule has 6 aromatic carbocycles. The van der Waals surface area contributed by atoms with E-state index < -0.39 is 11.6 Å². The molecule has 0 amide bonds. The molecule has 24 rings (SSSR count). The second-order valence-corrected chi connectivity index (χ2v) is 40.3. The van der Waals surface area contributed by atoms with Crippen LogP contribution < -0.4 is 56.8 Å². The lowest BCUT2D eigenvalue weighted by molar-refractivity contribution is -0.189. The van der Waals surface area contributed by atoms with Gasteiger partial charge in [-0.1, -0.05) is 58.7 Å². The smallest absolute Gasteiger partial charge is 0.230 e. The number of ether oxygens (including phenoxy) is 16. The molecule has 14 heterocycles. The predicted molar refractivity (Wildman–Crippen MR) is 537 cm³/mol. The molecule has 4 aliphatic carbocycles. The van der Waals surface area contributed by atoms with Gasteiger partial charge in [0.05, 0.1) is 164 Å². The highest BCUT2D eigenvalue weighted by molar-refractivity contribution is 5.91. The topological polar surface area (TPSA) is 264 Å². The lowest BCUT2D eigenvalue weighted by Gasteiger charge is -2.55. The first-order valence-corrected chi connectivity index (χ1v) is 49.6. The van der Waals surface area contributed by atoms with Crippen LogP contribution >= 0.6 is 0 Å². The van der Waals surface area contributed by atoms with E-state index in [4.69, 9.17) is 75.8 Å². The molecular formula is C112H122F2N12O16. The number of piperidine rings is 2. The number of hydrogen-bond acceptors (Lipinski definition) is 28. The predicted octanol–water partition coefficient (Wildman–Crippen LogP) is 19.8. The van der Waals surface area contributed by atoms with Gasteiger partial charge in [0.15, 0.2) is 69.1 Å². The molecule has 30 heteroatoms.